The predicted molar refractivity (Wildman–Crippen MR) is 77.6 cm³/mol. The van der Waals surface area contributed by atoms with E-state index in [2.05, 4.69) is 27.3 Å². The Morgan fingerprint density at radius 1 is 1.11 bits per heavy atom. The molecule has 0 saturated carbocycles. The maximum Gasteiger partial charge on any atom is 0.141 e. The fourth-order valence-electron chi connectivity index (χ4n) is 1.62. The molecular weight excluding hydrogens is 312 g/mol. The first kappa shape index (κ1) is 12.9. The highest BCUT2D eigenvalue weighted by Gasteiger charge is 2.14. The Kier molecular flexibility index (Phi) is 4.24. The van der Waals surface area contributed by atoms with E-state index in [9.17, 15) is 5.26 Å². The van der Waals surface area contributed by atoms with Crippen LogP contribution >= 0.6 is 27.5 Å². The molecule has 0 aliphatic carbocycles. The molecule has 0 amide bonds. The third-order valence-electron chi connectivity index (χ3n) is 2.52. The van der Waals surface area contributed by atoms with Crippen LogP contribution in [0.15, 0.2) is 53.0 Å². The fourth-order valence-corrected chi connectivity index (χ4v) is 2.33. The number of nitrogens with one attached hydrogen (secondary N) is 1. The molecule has 1 N–H and O–H groups in total. The van der Waals surface area contributed by atoms with Crippen LogP contribution in [0.4, 0.5) is 5.69 Å². The molecule has 0 radical (unpaired) electrons. The van der Waals surface area contributed by atoms with Gasteiger partial charge >= 0.3 is 0 Å². The standard InChI is InChI=1S/C14H10BrClN2/c15-11-6-2-1-5-10(11)14(9-17)18-13-8-4-3-7-12(13)16/h1-8,14,18H. The van der Waals surface area contributed by atoms with Crippen LogP contribution in [0, 0.1) is 11.3 Å². The van der Waals surface area contributed by atoms with Crippen LogP contribution in [-0.4, -0.2) is 0 Å². The number of halogens is 2. The molecule has 0 fully saturated rings. The van der Waals surface area contributed by atoms with Crippen molar-refractivity contribution < 1.29 is 0 Å². The van der Waals surface area contributed by atoms with Crippen molar-refractivity contribution in [2.24, 2.45) is 0 Å². The Balaban J connectivity index is 2.30. The van der Waals surface area contributed by atoms with Gasteiger partial charge in [0.15, 0.2) is 0 Å². The Hall–Kier alpha value is -1.50. The van der Waals surface area contributed by atoms with Gasteiger partial charge in [0.1, 0.15) is 6.04 Å². The van der Waals surface area contributed by atoms with E-state index < -0.39 is 6.04 Å². The lowest BCUT2D eigenvalue weighted by molar-refractivity contribution is 0.990. The summed E-state index contributed by atoms with van der Waals surface area (Å²) in [5.41, 5.74) is 1.64. The van der Waals surface area contributed by atoms with E-state index in [1.54, 1.807) is 6.07 Å². The quantitative estimate of drug-likeness (QED) is 0.883. The van der Waals surface area contributed by atoms with Crippen LogP contribution < -0.4 is 5.32 Å². The van der Waals surface area contributed by atoms with Gasteiger partial charge in [-0.1, -0.05) is 57.9 Å². The van der Waals surface area contributed by atoms with Gasteiger partial charge in [-0.3, -0.25) is 0 Å². The maximum atomic E-state index is 9.28. The summed E-state index contributed by atoms with van der Waals surface area (Å²) in [6.07, 6.45) is 0. The molecule has 18 heavy (non-hydrogen) atoms. The molecule has 0 saturated heterocycles. The van der Waals surface area contributed by atoms with Gasteiger partial charge in [0.25, 0.3) is 0 Å². The fraction of sp³-hybridized carbons (Fsp3) is 0.0714. The summed E-state index contributed by atoms with van der Waals surface area (Å²) < 4.78 is 0.899. The molecule has 0 aromatic heterocycles. The minimum Gasteiger partial charge on any atom is -0.365 e. The van der Waals surface area contributed by atoms with Crippen molar-refractivity contribution in [1.29, 1.82) is 5.26 Å². The number of para-hydroxylation sites is 1. The highest BCUT2D eigenvalue weighted by molar-refractivity contribution is 9.10. The Morgan fingerprint density at radius 2 is 1.78 bits per heavy atom. The first-order valence-electron chi connectivity index (χ1n) is 5.37. The van der Waals surface area contributed by atoms with Gasteiger partial charge < -0.3 is 5.32 Å². The van der Waals surface area contributed by atoms with Gasteiger partial charge in [-0.15, -0.1) is 0 Å². The van der Waals surface area contributed by atoms with Crippen LogP contribution in [-0.2, 0) is 0 Å². The third-order valence-corrected chi connectivity index (χ3v) is 3.57. The monoisotopic (exact) mass is 320 g/mol. The number of rotatable bonds is 3. The molecule has 0 aliphatic heterocycles. The van der Waals surface area contributed by atoms with E-state index in [4.69, 9.17) is 11.6 Å². The molecule has 0 heterocycles. The van der Waals surface area contributed by atoms with Crippen molar-refractivity contribution in [3.8, 4) is 6.07 Å². The summed E-state index contributed by atoms with van der Waals surface area (Å²) in [5.74, 6) is 0. The number of hydrogen-bond donors (Lipinski definition) is 1. The molecular formula is C14H10BrClN2. The second-order valence-electron chi connectivity index (χ2n) is 3.71. The average molecular weight is 322 g/mol. The normalized spacial score (nSPS) is 11.6. The maximum absolute atomic E-state index is 9.28. The Labute approximate surface area is 119 Å². The van der Waals surface area contributed by atoms with E-state index >= 15 is 0 Å². The lowest BCUT2D eigenvalue weighted by Gasteiger charge is -2.15. The molecule has 2 rings (SSSR count). The first-order chi connectivity index (χ1) is 8.72. The van der Waals surface area contributed by atoms with E-state index in [1.807, 2.05) is 42.5 Å². The summed E-state index contributed by atoms with van der Waals surface area (Å²) in [7, 11) is 0. The Bertz CT molecular complexity index is 592. The summed E-state index contributed by atoms with van der Waals surface area (Å²) in [6.45, 7) is 0. The van der Waals surface area contributed by atoms with Crippen LogP contribution in [0.3, 0.4) is 0 Å². The molecule has 0 bridgehead atoms. The highest BCUT2D eigenvalue weighted by atomic mass is 79.9. The van der Waals surface area contributed by atoms with Crippen molar-refractivity contribution >= 4 is 33.2 Å². The molecule has 2 nitrogen and oxygen atoms in total. The Morgan fingerprint density at radius 3 is 2.44 bits per heavy atom. The second-order valence-corrected chi connectivity index (χ2v) is 4.97. The topological polar surface area (TPSA) is 35.8 Å². The molecule has 2 aromatic carbocycles. The molecule has 0 aliphatic rings. The van der Waals surface area contributed by atoms with Gasteiger partial charge in [0.2, 0.25) is 0 Å². The zero-order chi connectivity index (χ0) is 13.0. The minimum absolute atomic E-state index is 0.444. The lowest BCUT2D eigenvalue weighted by atomic mass is 10.1. The van der Waals surface area contributed by atoms with Gasteiger partial charge in [-0.25, -0.2) is 0 Å². The number of nitriles is 1. The summed E-state index contributed by atoms with van der Waals surface area (Å²) in [5, 5.41) is 13.0. The molecule has 1 unspecified atom stereocenters. The van der Waals surface area contributed by atoms with Crippen LogP contribution in [0.25, 0.3) is 0 Å². The van der Waals surface area contributed by atoms with Gasteiger partial charge in [0, 0.05) is 10.0 Å². The van der Waals surface area contributed by atoms with Crippen LogP contribution in [0.2, 0.25) is 5.02 Å². The van der Waals surface area contributed by atoms with E-state index in [0.29, 0.717) is 5.02 Å². The van der Waals surface area contributed by atoms with Gasteiger partial charge in [0.05, 0.1) is 16.8 Å². The lowest BCUT2D eigenvalue weighted by Crippen LogP contribution is -2.09. The van der Waals surface area contributed by atoms with E-state index in [0.717, 1.165) is 15.7 Å². The third kappa shape index (κ3) is 2.84. The molecule has 1 atom stereocenters. The van der Waals surface area contributed by atoms with Crippen LogP contribution in [0.5, 0.6) is 0 Å². The summed E-state index contributed by atoms with van der Waals surface area (Å²) >= 11 is 9.51. The van der Waals surface area contributed by atoms with E-state index in [-0.39, 0.29) is 0 Å². The second kappa shape index (κ2) is 5.90. The summed E-state index contributed by atoms with van der Waals surface area (Å²) in [4.78, 5) is 0. The zero-order valence-corrected chi connectivity index (χ0v) is 11.7. The largest absolute Gasteiger partial charge is 0.365 e. The number of hydrogen-bond acceptors (Lipinski definition) is 2. The molecule has 0 spiro atoms. The first-order valence-corrected chi connectivity index (χ1v) is 6.54. The van der Waals surface area contributed by atoms with Crippen LogP contribution in [0.1, 0.15) is 11.6 Å². The SMILES string of the molecule is N#CC(Nc1ccccc1Cl)c1ccccc1Br. The van der Waals surface area contributed by atoms with Crippen molar-refractivity contribution in [2.75, 3.05) is 5.32 Å². The summed E-state index contributed by atoms with van der Waals surface area (Å²) in [6, 6.07) is 16.8. The predicted octanol–water partition coefficient (Wildman–Crippen LogP) is 4.78. The smallest absolute Gasteiger partial charge is 0.141 e. The van der Waals surface area contributed by atoms with Crippen molar-refractivity contribution in [2.45, 2.75) is 6.04 Å². The highest BCUT2D eigenvalue weighted by Crippen LogP contribution is 2.29. The zero-order valence-electron chi connectivity index (χ0n) is 9.40. The van der Waals surface area contributed by atoms with Crippen molar-refractivity contribution in [1.82, 2.24) is 0 Å². The molecule has 90 valence electrons. The molecule has 4 heteroatoms. The van der Waals surface area contributed by atoms with Crippen molar-refractivity contribution in [3.05, 3.63) is 63.6 Å². The van der Waals surface area contributed by atoms with Crippen molar-refractivity contribution in [3.63, 3.8) is 0 Å². The van der Waals surface area contributed by atoms with Gasteiger partial charge in [-0.05, 0) is 18.2 Å². The minimum atomic E-state index is -0.444. The molecule has 2 aromatic rings. The van der Waals surface area contributed by atoms with E-state index in [1.165, 1.54) is 0 Å². The average Bonchev–Trinajstić information content (AvgIpc) is 2.39. The number of benzene rings is 2. The number of anilines is 1. The number of nitrogens with zero attached hydrogens (tertiary/aromatic N) is 1. The van der Waals surface area contributed by atoms with Gasteiger partial charge in [-0.2, -0.15) is 5.26 Å².